The van der Waals surface area contributed by atoms with Crippen LogP contribution >= 0.6 is 11.6 Å². The summed E-state index contributed by atoms with van der Waals surface area (Å²) in [5.74, 6) is -0.0514. The molecule has 5 atom stereocenters. The van der Waals surface area contributed by atoms with Gasteiger partial charge in [0, 0.05) is 0 Å². The molecule has 0 spiro atoms. The standard InChI is InChI=1S/C12H16ClN5O4/c1-4(19)6-7(20)12(2,21)10(22-6)18-3-15-5-8(13)16-11(14)17-9(5)18/h3-4,6-7,10,19-21H,1-2H3,(H2,14,16,17)/t4-,6+,7?,10+,12+/m0/s1. The molecule has 3 rings (SSSR count). The van der Waals surface area contributed by atoms with Crippen molar-refractivity contribution in [1.82, 2.24) is 19.5 Å². The molecule has 1 unspecified atom stereocenters. The summed E-state index contributed by atoms with van der Waals surface area (Å²) >= 11 is 5.96. The SMILES string of the molecule is C[C@H](O)[C@H]1O[C@@H](n2cnc3c(Cl)nc(N)nc32)[C@](C)(O)C1O. The number of aliphatic hydroxyl groups is 3. The summed E-state index contributed by atoms with van der Waals surface area (Å²) in [6.07, 6.45) is -2.86. The molecule has 0 amide bonds. The second-order valence-electron chi connectivity index (χ2n) is 5.56. The van der Waals surface area contributed by atoms with Crippen LogP contribution in [0, 0.1) is 0 Å². The molecule has 9 nitrogen and oxygen atoms in total. The predicted octanol–water partition coefficient (Wildman–Crippen LogP) is -0.548. The fourth-order valence-electron chi connectivity index (χ4n) is 2.63. The van der Waals surface area contributed by atoms with Crippen LogP contribution in [0.5, 0.6) is 0 Å². The summed E-state index contributed by atoms with van der Waals surface area (Å²) in [5.41, 5.74) is 4.48. The zero-order chi connectivity index (χ0) is 16.2. The minimum atomic E-state index is -1.67. The number of hydrogen-bond acceptors (Lipinski definition) is 8. The van der Waals surface area contributed by atoms with Crippen molar-refractivity contribution in [3.8, 4) is 0 Å². The zero-order valence-electron chi connectivity index (χ0n) is 11.9. The highest BCUT2D eigenvalue weighted by Crippen LogP contribution is 2.40. The molecule has 2 aromatic rings. The fourth-order valence-corrected chi connectivity index (χ4v) is 2.85. The van der Waals surface area contributed by atoms with Gasteiger partial charge in [-0.2, -0.15) is 9.97 Å². The fraction of sp³-hybridized carbons (Fsp3) is 0.583. The zero-order valence-corrected chi connectivity index (χ0v) is 12.6. The van der Waals surface area contributed by atoms with Gasteiger partial charge in [0.15, 0.2) is 17.0 Å². The molecule has 10 heteroatoms. The number of rotatable bonds is 2. The maximum absolute atomic E-state index is 10.6. The molecule has 2 aromatic heterocycles. The van der Waals surface area contributed by atoms with Crippen molar-refractivity contribution in [1.29, 1.82) is 0 Å². The minimum Gasteiger partial charge on any atom is -0.391 e. The number of imidazole rings is 1. The van der Waals surface area contributed by atoms with Gasteiger partial charge >= 0.3 is 0 Å². The molecule has 1 fully saturated rings. The molecule has 1 aliphatic rings. The van der Waals surface area contributed by atoms with E-state index in [1.54, 1.807) is 0 Å². The number of ether oxygens (including phenoxy) is 1. The topological polar surface area (TPSA) is 140 Å². The Morgan fingerprint density at radius 1 is 1.50 bits per heavy atom. The maximum Gasteiger partial charge on any atom is 0.223 e. The van der Waals surface area contributed by atoms with Gasteiger partial charge in [-0.1, -0.05) is 11.6 Å². The Hall–Kier alpha value is -1.52. The number of halogens is 1. The van der Waals surface area contributed by atoms with E-state index in [4.69, 9.17) is 22.1 Å². The van der Waals surface area contributed by atoms with Crippen molar-refractivity contribution in [2.75, 3.05) is 5.73 Å². The first kappa shape index (κ1) is 15.4. The first-order valence-electron chi connectivity index (χ1n) is 6.63. The van der Waals surface area contributed by atoms with E-state index < -0.39 is 30.1 Å². The first-order valence-corrected chi connectivity index (χ1v) is 7.00. The van der Waals surface area contributed by atoms with E-state index in [0.717, 1.165) is 0 Å². The molecule has 0 bridgehead atoms. The van der Waals surface area contributed by atoms with Crippen molar-refractivity contribution in [2.24, 2.45) is 0 Å². The highest BCUT2D eigenvalue weighted by atomic mass is 35.5. The predicted molar refractivity (Wildman–Crippen MR) is 77.0 cm³/mol. The molecule has 120 valence electrons. The molecule has 5 N–H and O–H groups in total. The van der Waals surface area contributed by atoms with Crippen LogP contribution in [0.1, 0.15) is 20.1 Å². The van der Waals surface area contributed by atoms with Gasteiger partial charge in [-0.3, -0.25) is 4.57 Å². The summed E-state index contributed by atoms with van der Waals surface area (Å²) in [5, 5.41) is 30.5. The van der Waals surface area contributed by atoms with Gasteiger partial charge in [0.05, 0.1) is 12.4 Å². The third-order valence-electron chi connectivity index (χ3n) is 3.82. The van der Waals surface area contributed by atoms with Crippen LogP contribution in [-0.2, 0) is 4.74 Å². The summed E-state index contributed by atoms with van der Waals surface area (Å²) in [7, 11) is 0. The van der Waals surface area contributed by atoms with Crippen LogP contribution in [0.4, 0.5) is 5.95 Å². The van der Waals surface area contributed by atoms with Crippen LogP contribution in [0.2, 0.25) is 5.15 Å². The van der Waals surface area contributed by atoms with Gasteiger partial charge in [-0.05, 0) is 13.8 Å². The van der Waals surface area contributed by atoms with Crippen LogP contribution in [-0.4, -0.2) is 58.8 Å². The highest BCUT2D eigenvalue weighted by Gasteiger charge is 2.54. The number of nitrogens with zero attached hydrogens (tertiary/aromatic N) is 4. The van der Waals surface area contributed by atoms with Crippen LogP contribution < -0.4 is 5.73 Å². The Labute approximate surface area is 130 Å². The average Bonchev–Trinajstić information content (AvgIpc) is 2.91. The van der Waals surface area contributed by atoms with Crippen molar-refractivity contribution < 1.29 is 20.1 Å². The van der Waals surface area contributed by atoms with Gasteiger partial charge in [0.25, 0.3) is 0 Å². The summed E-state index contributed by atoms with van der Waals surface area (Å²) < 4.78 is 7.02. The number of nitrogens with two attached hydrogens (primary N) is 1. The molecule has 1 saturated heterocycles. The largest absolute Gasteiger partial charge is 0.391 e. The molecule has 22 heavy (non-hydrogen) atoms. The number of nitrogen functional groups attached to an aromatic ring is 1. The van der Waals surface area contributed by atoms with Crippen molar-refractivity contribution >= 4 is 28.7 Å². The third kappa shape index (κ3) is 2.13. The van der Waals surface area contributed by atoms with Crippen LogP contribution in [0.15, 0.2) is 6.33 Å². The lowest BCUT2D eigenvalue weighted by atomic mass is 9.94. The first-order chi connectivity index (χ1) is 10.2. The Kier molecular flexibility index (Phi) is 3.49. The van der Waals surface area contributed by atoms with Crippen LogP contribution in [0.3, 0.4) is 0 Å². The van der Waals surface area contributed by atoms with Gasteiger partial charge in [-0.15, -0.1) is 0 Å². The van der Waals surface area contributed by atoms with Gasteiger partial charge in [-0.25, -0.2) is 4.98 Å². The molecule has 0 aliphatic carbocycles. The maximum atomic E-state index is 10.6. The normalized spacial score (nSPS) is 33.5. The van der Waals surface area contributed by atoms with E-state index in [0.29, 0.717) is 5.52 Å². The van der Waals surface area contributed by atoms with E-state index in [1.807, 2.05) is 0 Å². The summed E-state index contributed by atoms with van der Waals surface area (Å²) in [6, 6.07) is 0. The minimum absolute atomic E-state index is 0.0514. The smallest absolute Gasteiger partial charge is 0.223 e. The number of hydrogen-bond donors (Lipinski definition) is 4. The van der Waals surface area contributed by atoms with E-state index in [-0.39, 0.29) is 16.7 Å². The summed E-state index contributed by atoms with van der Waals surface area (Å²) in [6.45, 7) is 2.87. The highest BCUT2D eigenvalue weighted by molar-refractivity contribution is 6.33. The third-order valence-corrected chi connectivity index (χ3v) is 4.08. The molecule has 0 aromatic carbocycles. The molecule has 0 radical (unpaired) electrons. The van der Waals surface area contributed by atoms with Crippen LogP contribution in [0.25, 0.3) is 11.2 Å². The number of anilines is 1. The summed E-state index contributed by atoms with van der Waals surface area (Å²) in [4.78, 5) is 11.9. The lowest BCUT2D eigenvalue weighted by Crippen LogP contribution is -2.45. The Balaban J connectivity index is 2.11. The molecular formula is C12H16ClN5O4. The average molecular weight is 330 g/mol. The van der Waals surface area contributed by atoms with Crippen molar-refractivity contribution in [3.05, 3.63) is 11.5 Å². The number of fused-ring (bicyclic) bond motifs is 1. The molecule has 1 aliphatic heterocycles. The number of aliphatic hydroxyl groups excluding tert-OH is 2. The number of aromatic nitrogens is 4. The Bertz CT molecular complexity index is 719. The van der Waals surface area contributed by atoms with E-state index in [9.17, 15) is 15.3 Å². The van der Waals surface area contributed by atoms with Crippen molar-refractivity contribution in [2.45, 2.75) is 44.0 Å². The van der Waals surface area contributed by atoms with Crippen molar-refractivity contribution in [3.63, 3.8) is 0 Å². The van der Waals surface area contributed by atoms with Gasteiger partial charge in [0.2, 0.25) is 5.95 Å². The second-order valence-corrected chi connectivity index (χ2v) is 5.92. The van der Waals surface area contributed by atoms with E-state index >= 15 is 0 Å². The van der Waals surface area contributed by atoms with Gasteiger partial charge < -0.3 is 25.8 Å². The molecular weight excluding hydrogens is 314 g/mol. The van der Waals surface area contributed by atoms with E-state index in [1.165, 1.54) is 24.7 Å². The molecule has 0 saturated carbocycles. The lowest BCUT2D eigenvalue weighted by molar-refractivity contribution is -0.0987. The van der Waals surface area contributed by atoms with Gasteiger partial charge in [0.1, 0.15) is 23.3 Å². The lowest BCUT2D eigenvalue weighted by Gasteiger charge is -2.27. The van der Waals surface area contributed by atoms with E-state index in [2.05, 4.69) is 15.0 Å². The Morgan fingerprint density at radius 3 is 2.77 bits per heavy atom. The monoisotopic (exact) mass is 329 g/mol. The second kappa shape index (κ2) is 5.00. The molecule has 3 heterocycles. The quantitative estimate of drug-likeness (QED) is 0.538. The Morgan fingerprint density at radius 2 is 2.18 bits per heavy atom.